The first kappa shape index (κ1) is 17.0. The van der Waals surface area contributed by atoms with Crippen LogP contribution < -0.4 is 0 Å². The lowest BCUT2D eigenvalue weighted by Gasteiger charge is -2.35. The molecule has 0 N–H and O–H groups in total. The Morgan fingerprint density at radius 3 is 2.04 bits per heavy atom. The van der Waals surface area contributed by atoms with E-state index in [9.17, 15) is 14.0 Å². The van der Waals surface area contributed by atoms with E-state index in [4.69, 9.17) is 0 Å². The van der Waals surface area contributed by atoms with Crippen LogP contribution in [-0.4, -0.2) is 72.3 Å². The number of halogens is 1. The molecule has 0 bridgehead atoms. The summed E-state index contributed by atoms with van der Waals surface area (Å²) in [6.45, 7) is 5.84. The van der Waals surface area contributed by atoms with Gasteiger partial charge in [-0.05, 0) is 18.1 Å². The van der Waals surface area contributed by atoms with Crippen molar-refractivity contribution in [1.29, 1.82) is 0 Å². The highest BCUT2D eigenvalue weighted by Gasteiger charge is 2.29. The maximum absolute atomic E-state index is 13.6. The second kappa shape index (κ2) is 7.85. The van der Waals surface area contributed by atoms with Gasteiger partial charge < -0.3 is 4.90 Å². The monoisotopic (exact) mass is 333 g/mol. The topological polar surface area (TPSA) is 43.9 Å². The Hall–Kier alpha value is -1.79. The summed E-state index contributed by atoms with van der Waals surface area (Å²) >= 11 is 0. The molecule has 1 aromatic rings. The molecule has 0 aliphatic carbocycles. The predicted octanol–water partition coefficient (Wildman–Crippen LogP) is 1.13. The minimum Gasteiger partial charge on any atom is -0.300 e. The van der Waals surface area contributed by atoms with Gasteiger partial charge in [-0.2, -0.15) is 0 Å². The zero-order valence-electron chi connectivity index (χ0n) is 13.9. The third-order valence-electron chi connectivity index (χ3n) is 4.91. The van der Waals surface area contributed by atoms with E-state index in [-0.39, 0.29) is 17.6 Å². The Balaban J connectivity index is 1.37. The summed E-state index contributed by atoms with van der Waals surface area (Å²) in [5.74, 6) is -0.205. The molecule has 0 unspecified atom stereocenters. The number of hydrogen-bond acceptors (Lipinski definition) is 4. The molecular weight excluding hydrogens is 309 g/mol. The lowest BCUT2D eigenvalue weighted by molar-refractivity contribution is -0.138. The van der Waals surface area contributed by atoms with Crippen LogP contribution in [0.4, 0.5) is 4.39 Å². The molecule has 3 rings (SSSR count). The molecule has 2 aliphatic heterocycles. The summed E-state index contributed by atoms with van der Waals surface area (Å²) in [5, 5.41) is 0. The van der Waals surface area contributed by atoms with Crippen molar-refractivity contribution < 1.29 is 14.0 Å². The Bertz CT molecular complexity index is 584. The number of carbonyl (C=O) groups excluding carboxylic acids is 2. The van der Waals surface area contributed by atoms with Crippen molar-refractivity contribution in [2.75, 3.05) is 45.8 Å². The van der Waals surface area contributed by atoms with E-state index < -0.39 is 0 Å². The van der Waals surface area contributed by atoms with Crippen molar-refractivity contribution in [3.63, 3.8) is 0 Å². The van der Waals surface area contributed by atoms with Gasteiger partial charge in [0.05, 0.1) is 0 Å². The number of nitrogens with zero attached hydrogens (tertiary/aromatic N) is 3. The van der Waals surface area contributed by atoms with E-state index in [2.05, 4.69) is 9.80 Å². The summed E-state index contributed by atoms with van der Waals surface area (Å²) < 4.78 is 13.6. The van der Waals surface area contributed by atoms with Crippen LogP contribution >= 0.6 is 0 Å². The molecule has 1 aromatic carbocycles. The lowest BCUT2D eigenvalue weighted by atomic mass is 10.1. The highest BCUT2D eigenvalue weighted by molar-refractivity contribution is 6.01. The Morgan fingerprint density at radius 1 is 0.833 bits per heavy atom. The minimum absolute atomic E-state index is 0.0384. The van der Waals surface area contributed by atoms with Gasteiger partial charge in [0.25, 0.3) is 0 Å². The van der Waals surface area contributed by atoms with E-state index in [1.54, 1.807) is 6.07 Å². The van der Waals surface area contributed by atoms with Gasteiger partial charge in [-0.15, -0.1) is 0 Å². The van der Waals surface area contributed by atoms with Crippen molar-refractivity contribution in [3.8, 4) is 0 Å². The largest absolute Gasteiger partial charge is 0.300 e. The van der Waals surface area contributed by atoms with Gasteiger partial charge in [0, 0.05) is 58.7 Å². The quantitative estimate of drug-likeness (QED) is 0.732. The Morgan fingerprint density at radius 2 is 1.42 bits per heavy atom. The van der Waals surface area contributed by atoms with Crippen LogP contribution in [0.2, 0.25) is 0 Å². The van der Waals surface area contributed by atoms with Crippen LogP contribution in [0.15, 0.2) is 24.3 Å². The van der Waals surface area contributed by atoms with Crippen molar-refractivity contribution in [2.24, 2.45) is 0 Å². The second-order valence-electron chi connectivity index (χ2n) is 6.46. The third-order valence-corrected chi connectivity index (χ3v) is 4.91. The average molecular weight is 333 g/mol. The third kappa shape index (κ3) is 4.19. The molecule has 0 radical (unpaired) electrons. The van der Waals surface area contributed by atoms with Crippen molar-refractivity contribution >= 4 is 11.8 Å². The average Bonchev–Trinajstić information content (AvgIpc) is 2.91. The van der Waals surface area contributed by atoms with Gasteiger partial charge in [0.2, 0.25) is 11.8 Å². The number of benzene rings is 1. The first-order valence-electron chi connectivity index (χ1n) is 8.65. The summed E-state index contributed by atoms with van der Waals surface area (Å²) in [6.07, 6.45) is 1.45. The zero-order valence-corrected chi connectivity index (χ0v) is 13.9. The number of rotatable bonds is 6. The van der Waals surface area contributed by atoms with Crippen LogP contribution in [0.1, 0.15) is 18.4 Å². The Labute approximate surface area is 142 Å². The lowest BCUT2D eigenvalue weighted by Crippen LogP contribution is -2.49. The van der Waals surface area contributed by atoms with Crippen LogP contribution in [0.5, 0.6) is 0 Å². The fourth-order valence-electron chi connectivity index (χ4n) is 3.33. The summed E-state index contributed by atoms with van der Waals surface area (Å²) in [4.78, 5) is 29.2. The maximum atomic E-state index is 13.6. The van der Waals surface area contributed by atoms with E-state index in [0.29, 0.717) is 19.4 Å². The highest BCUT2D eigenvalue weighted by Crippen LogP contribution is 2.12. The van der Waals surface area contributed by atoms with E-state index >= 15 is 0 Å². The number of imide groups is 1. The number of hydrogen-bond donors (Lipinski definition) is 0. The molecule has 2 amide bonds. The van der Waals surface area contributed by atoms with Crippen molar-refractivity contribution in [2.45, 2.75) is 19.3 Å². The second-order valence-corrected chi connectivity index (χ2v) is 6.46. The number of amides is 2. The molecular formula is C18H24FN3O2. The summed E-state index contributed by atoms with van der Waals surface area (Å²) in [7, 11) is 0. The van der Waals surface area contributed by atoms with Crippen molar-refractivity contribution in [1.82, 2.24) is 14.7 Å². The maximum Gasteiger partial charge on any atom is 0.229 e. The molecule has 24 heavy (non-hydrogen) atoms. The molecule has 2 aliphatic rings. The predicted molar refractivity (Wildman–Crippen MR) is 88.9 cm³/mol. The SMILES string of the molecule is O=C1CCC(=O)N1CCN1CCN(CCc2ccccc2F)CC1. The van der Waals surface area contributed by atoms with Gasteiger partial charge in [0.15, 0.2) is 0 Å². The molecule has 6 heteroatoms. The molecule has 2 saturated heterocycles. The first-order chi connectivity index (χ1) is 11.6. The minimum atomic E-state index is -0.129. The van der Waals surface area contributed by atoms with Crippen molar-refractivity contribution in [3.05, 3.63) is 35.6 Å². The van der Waals surface area contributed by atoms with Gasteiger partial charge in [-0.1, -0.05) is 18.2 Å². The van der Waals surface area contributed by atoms with Gasteiger partial charge in [0.1, 0.15) is 5.82 Å². The molecule has 5 nitrogen and oxygen atoms in total. The van der Waals surface area contributed by atoms with Crippen LogP contribution in [0.3, 0.4) is 0 Å². The fraction of sp³-hybridized carbons (Fsp3) is 0.556. The van der Waals surface area contributed by atoms with E-state index in [1.807, 2.05) is 12.1 Å². The van der Waals surface area contributed by atoms with Crippen LogP contribution in [-0.2, 0) is 16.0 Å². The standard InChI is InChI=1S/C18H24FN3O2/c19-16-4-2-1-3-15(16)7-8-20-9-11-21(12-10-20)13-14-22-17(23)5-6-18(22)24/h1-4H,5-14H2. The smallest absolute Gasteiger partial charge is 0.229 e. The molecule has 2 heterocycles. The number of likely N-dealkylation sites (tertiary alicyclic amines) is 1. The molecule has 0 spiro atoms. The van der Waals surface area contributed by atoms with Crippen LogP contribution in [0, 0.1) is 5.82 Å². The van der Waals surface area contributed by atoms with Gasteiger partial charge in [-0.25, -0.2) is 4.39 Å². The normalized spacial score (nSPS) is 20.1. The number of piperazine rings is 1. The van der Waals surface area contributed by atoms with Gasteiger partial charge in [-0.3, -0.25) is 19.4 Å². The molecule has 0 saturated carbocycles. The van der Waals surface area contributed by atoms with Crippen LogP contribution in [0.25, 0.3) is 0 Å². The first-order valence-corrected chi connectivity index (χ1v) is 8.65. The molecule has 2 fully saturated rings. The highest BCUT2D eigenvalue weighted by atomic mass is 19.1. The van der Waals surface area contributed by atoms with Gasteiger partial charge >= 0.3 is 0 Å². The summed E-state index contributed by atoms with van der Waals surface area (Å²) in [6, 6.07) is 6.94. The molecule has 0 aromatic heterocycles. The molecule has 0 atom stereocenters. The Kier molecular flexibility index (Phi) is 5.58. The number of carbonyl (C=O) groups is 2. The van der Waals surface area contributed by atoms with E-state index in [1.165, 1.54) is 11.0 Å². The summed E-state index contributed by atoms with van der Waals surface area (Å²) in [5.41, 5.74) is 0.769. The zero-order chi connectivity index (χ0) is 16.9. The fourth-order valence-corrected chi connectivity index (χ4v) is 3.33. The van der Waals surface area contributed by atoms with E-state index in [0.717, 1.165) is 51.3 Å². The molecule has 130 valence electrons.